The van der Waals surface area contributed by atoms with Gasteiger partial charge in [-0.3, -0.25) is 4.57 Å². The van der Waals surface area contributed by atoms with E-state index in [0.717, 1.165) is 19.5 Å². The molecule has 0 bridgehead atoms. The Labute approximate surface area is 106 Å². The van der Waals surface area contributed by atoms with Crippen LogP contribution < -0.4 is 10.2 Å². The van der Waals surface area contributed by atoms with Crippen LogP contribution in [-0.2, 0) is 7.05 Å². The lowest BCUT2D eigenvalue weighted by atomic mass is 10.2. The Balaban J connectivity index is 2.22. The van der Waals surface area contributed by atoms with E-state index in [1.54, 1.807) is 11.5 Å². The topological polar surface area (TPSA) is 76.2 Å². The van der Waals surface area contributed by atoms with Gasteiger partial charge < -0.3 is 20.3 Å². The van der Waals surface area contributed by atoms with Crippen molar-refractivity contribution in [2.24, 2.45) is 7.05 Å². The van der Waals surface area contributed by atoms with Crippen LogP contribution in [0.15, 0.2) is 0 Å². The Morgan fingerprint density at radius 2 is 2.39 bits per heavy atom. The predicted octanol–water partition coefficient (Wildman–Crippen LogP) is 0.825. The number of imidazole rings is 1. The van der Waals surface area contributed by atoms with Gasteiger partial charge in [0.1, 0.15) is 0 Å². The van der Waals surface area contributed by atoms with Gasteiger partial charge in [0.15, 0.2) is 0 Å². The van der Waals surface area contributed by atoms with Crippen LogP contribution in [0.5, 0.6) is 0 Å². The zero-order valence-electron chi connectivity index (χ0n) is 11.0. The molecule has 0 spiro atoms. The summed E-state index contributed by atoms with van der Waals surface area (Å²) in [6.45, 7) is 3.57. The van der Waals surface area contributed by atoms with Gasteiger partial charge in [-0.25, -0.2) is 0 Å². The first-order chi connectivity index (χ1) is 8.50. The van der Waals surface area contributed by atoms with E-state index in [9.17, 15) is 10.1 Å². The number of aromatic nitrogens is 2. The first-order valence-corrected chi connectivity index (χ1v) is 6.13. The number of hydrogen-bond donors (Lipinski definition) is 1. The third kappa shape index (κ3) is 2.31. The van der Waals surface area contributed by atoms with Crippen LogP contribution in [-0.4, -0.2) is 40.7 Å². The maximum absolute atomic E-state index is 11.0. The number of nitrogens with zero attached hydrogens (tertiary/aromatic N) is 4. The highest BCUT2D eigenvalue weighted by Gasteiger charge is 2.28. The molecule has 2 heterocycles. The van der Waals surface area contributed by atoms with Gasteiger partial charge >= 0.3 is 5.82 Å². The van der Waals surface area contributed by atoms with Crippen molar-refractivity contribution in [2.75, 3.05) is 25.0 Å². The maximum atomic E-state index is 11.0. The second kappa shape index (κ2) is 4.93. The normalized spacial score (nSPS) is 19.2. The van der Waals surface area contributed by atoms with E-state index < -0.39 is 4.92 Å². The molecule has 7 heteroatoms. The quantitative estimate of drug-likeness (QED) is 0.635. The average Bonchev–Trinajstić information content (AvgIpc) is 2.88. The van der Waals surface area contributed by atoms with Gasteiger partial charge in [0.2, 0.25) is 11.6 Å². The smallest absolute Gasteiger partial charge is 0.358 e. The fraction of sp³-hybridized carbons (Fsp3) is 0.727. The first kappa shape index (κ1) is 12.8. The van der Waals surface area contributed by atoms with Crippen molar-refractivity contribution in [3.63, 3.8) is 0 Å². The summed E-state index contributed by atoms with van der Waals surface area (Å²) >= 11 is 0. The fourth-order valence-corrected chi connectivity index (χ4v) is 2.46. The van der Waals surface area contributed by atoms with Gasteiger partial charge in [-0.2, -0.15) is 0 Å². The monoisotopic (exact) mass is 253 g/mol. The Morgan fingerprint density at radius 3 is 2.94 bits per heavy atom. The highest BCUT2D eigenvalue weighted by Crippen LogP contribution is 2.27. The Kier molecular flexibility index (Phi) is 3.51. The van der Waals surface area contributed by atoms with Gasteiger partial charge in [-0.15, -0.1) is 0 Å². The van der Waals surface area contributed by atoms with Gasteiger partial charge in [0, 0.05) is 33.6 Å². The molecule has 0 aromatic carbocycles. The number of nitrogens with one attached hydrogen (secondary N) is 1. The molecular weight excluding hydrogens is 234 g/mol. The van der Waals surface area contributed by atoms with Crippen LogP contribution in [0.1, 0.15) is 18.7 Å². The Hall–Kier alpha value is -1.63. The van der Waals surface area contributed by atoms with Crippen LogP contribution in [0.4, 0.5) is 11.6 Å². The average molecular weight is 253 g/mol. The largest absolute Gasteiger partial charge is 0.406 e. The summed E-state index contributed by atoms with van der Waals surface area (Å²) in [6.07, 6.45) is 2.29. The summed E-state index contributed by atoms with van der Waals surface area (Å²) in [6, 6.07) is 0.407. The molecule has 1 saturated heterocycles. The number of nitro groups is 1. The van der Waals surface area contributed by atoms with Gasteiger partial charge in [0.05, 0.1) is 0 Å². The second-order valence-electron chi connectivity index (χ2n) is 4.80. The minimum Gasteiger partial charge on any atom is -0.358 e. The van der Waals surface area contributed by atoms with Gasteiger partial charge in [0.25, 0.3) is 0 Å². The van der Waals surface area contributed by atoms with E-state index in [-0.39, 0.29) is 5.82 Å². The molecular formula is C11H19N5O2. The zero-order chi connectivity index (χ0) is 13.3. The molecule has 1 fully saturated rings. The molecule has 1 aromatic rings. The molecule has 0 amide bonds. The summed E-state index contributed by atoms with van der Waals surface area (Å²) < 4.78 is 1.77. The molecule has 0 aliphatic carbocycles. The molecule has 1 N–H and O–H groups in total. The Morgan fingerprint density at radius 1 is 1.67 bits per heavy atom. The summed E-state index contributed by atoms with van der Waals surface area (Å²) in [4.78, 5) is 16.5. The van der Waals surface area contributed by atoms with Crippen LogP contribution in [0.25, 0.3) is 0 Å². The van der Waals surface area contributed by atoms with Crippen LogP contribution in [0.3, 0.4) is 0 Å². The van der Waals surface area contributed by atoms with Crippen LogP contribution >= 0.6 is 0 Å². The molecule has 0 radical (unpaired) electrons. The van der Waals surface area contributed by atoms with Crippen LogP contribution in [0.2, 0.25) is 0 Å². The molecule has 18 heavy (non-hydrogen) atoms. The maximum Gasteiger partial charge on any atom is 0.406 e. The van der Waals surface area contributed by atoms with E-state index in [1.807, 2.05) is 19.0 Å². The minimum absolute atomic E-state index is 0.0597. The number of aryl methyl sites for hydroxylation is 1. The summed E-state index contributed by atoms with van der Waals surface area (Å²) in [5.41, 5.74) is 0. The van der Waals surface area contributed by atoms with E-state index in [4.69, 9.17) is 0 Å². The Bertz CT molecular complexity index is 451. The SMILES string of the molecule is Cc1nc([N+](=O)[O-])c(N(C)CC2CCCN2)n1C. The number of likely N-dealkylation sites (N-methyl/N-ethyl adjacent to an activating group) is 1. The molecule has 1 unspecified atom stereocenters. The lowest BCUT2D eigenvalue weighted by molar-refractivity contribution is -0.388. The third-order valence-electron chi connectivity index (χ3n) is 3.46. The molecule has 1 aliphatic heterocycles. The predicted molar refractivity (Wildman–Crippen MR) is 68.9 cm³/mol. The van der Waals surface area contributed by atoms with Crippen molar-refractivity contribution in [3.05, 3.63) is 15.9 Å². The highest BCUT2D eigenvalue weighted by molar-refractivity contribution is 5.55. The molecule has 1 aromatic heterocycles. The van der Waals surface area contributed by atoms with E-state index in [1.165, 1.54) is 6.42 Å². The second-order valence-corrected chi connectivity index (χ2v) is 4.80. The third-order valence-corrected chi connectivity index (χ3v) is 3.46. The van der Waals surface area contributed by atoms with Crippen molar-refractivity contribution in [1.82, 2.24) is 14.9 Å². The molecule has 1 aliphatic rings. The fourth-order valence-electron chi connectivity index (χ4n) is 2.46. The number of rotatable bonds is 4. The van der Waals surface area contributed by atoms with Crippen molar-refractivity contribution in [1.29, 1.82) is 0 Å². The highest BCUT2D eigenvalue weighted by atomic mass is 16.6. The van der Waals surface area contributed by atoms with Crippen molar-refractivity contribution in [2.45, 2.75) is 25.8 Å². The summed E-state index contributed by atoms with van der Waals surface area (Å²) in [7, 11) is 3.69. The molecule has 2 rings (SSSR count). The van der Waals surface area contributed by atoms with E-state index >= 15 is 0 Å². The lowest BCUT2D eigenvalue weighted by Crippen LogP contribution is -2.36. The van der Waals surface area contributed by atoms with E-state index in [0.29, 0.717) is 17.7 Å². The summed E-state index contributed by atoms with van der Waals surface area (Å²) in [5.74, 6) is 1.17. The lowest BCUT2D eigenvalue weighted by Gasteiger charge is -2.22. The van der Waals surface area contributed by atoms with Crippen molar-refractivity contribution in [3.8, 4) is 0 Å². The molecule has 0 saturated carbocycles. The minimum atomic E-state index is -0.416. The number of hydrogen-bond acceptors (Lipinski definition) is 5. The first-order valence-electron chi connectivity index (χ1n) is 6.13. The van der Waals surface area contributed by atoms with Crippen molar-refractivity contribution < 1.29 is 4.92 Å². The van der Waals surface area contributed by atoms with Gasteiger partial charge in [-0.1, -0.05) is 0 Å². The molecule has 100 valence electrons. The summed E-state index contributed by atoms with van der Waals surface area (Å²) in [5, 5.41) is 14.4. The van der Waals surface area contributed by atoms with Crippen molar-refractivity contribution >= 4 is 11.6 Å². The molecule has 7 nitrogen and oxygen atoms in total. The van der Waals surface area contributed by atoms with Crippen LogP contribution in [0, 0.1) is 17.0 Å². The number of anilines is 1. The van der Waals surface area contributed by atoms with Gasteiger partial charge in [-0.05, 0) is 29.3 Å². The van der Waals surface area contributed by atoms with E-state index in [2.05, 4.69) is 10.3 Å². The standard InChI is InChI=1S/C11H19N5O2/c1-8-13-10(16(17)18)11(15(8)3)14(2)7-9-5-4-6-12-9/h9,12H,4-7H2,1-3H3. The molecule has 1 atom stereocenters. The zero-order valence-corrected chi connectivity index (χ0v) is 11.0.